The van der Waals surface area contributed by atoms with E-state index in [1.165, 1.54) is 19.2 Å². The number of aromatic nitrogens is 1. The normalized spacial score (nSPS) is 11.1. The van der Waals surface area contributed by atoms with Gasteiger partial charge in [0.15, 0.2) is 12.3 Å². The highest BCUT2D eigenvalue weighted by molar-refractivity contribution is 5.89. The summed E-state index contributed by atoms with van der Waals surface area (Å²) < 4.78 is 44.9. The van der Waals surface area contributed by atoms with Crippen molar-refractivity contribution in [1.82, 2.24) is 4.98 Å². The highest BCUT2D eigenvalue weighted by Gasteiger charge is 2.29. The Hall–Kier alpha value is -1.79. The van der Waals surface area contributed by atoms with Crippen molar-refractivity contribution in [3.63, 3.8) is 0 Å². The molecule has 0 amide bonds. The zero-order valence-electron chi connectivity index (χ0n) is 9.17. The largest absolute Gasteiger partial charge is 0.484 e. The smallest absolute Gasteiger partial charge is 0.422 e. The number of alkyl halides is 3. The van der Waals surface area contributed by atoms with E-state index in [9.17, 15) is 18.0 Å². The molecule has 0 saturated carbocycles. The molecule has 1 aromatic heterocycles. The van der Waals surface area contributed by atoms with Crippen LogP contribution in [0.1, 0.15) is 16.1 Å². The average molecular weight is 249 g/mol. The molecule has 0 atom stereocenters. The van der Waals surface area contributed by atoms with Gasteiger partial charge < -0.3 is 9.47 Å². The molecule has 0 aliphatic heterocycles. The Morgan fingerprint density at radius 3 is 2.65 bits per heavy atom. The number of methoxy groups -OCH3 is 1. The van der Waals surface area contributed by atoms with Gasteiger partial charge in [0.25, 0.3) is 0 Å². The minimum atomic E-state index is -4.43. The molecule has 1 aromatic rings. The zero-order valence-corrected chi connectivity index (χ0v) is 9.17. The Kier molecular flexibility index (Phi) is 3.93. The van der Waals surface area contributed by atoms with Gasteiger partial charge in [0.2, 0.25) is 0 Å². The second kappa shape index (κ2) is 5.03. The van der Waals surface area contributed by atoms with Crippen molar-refractivity contribution in [2.24, 2.45) is 0 Å². The zero-order chi connectivity index (χ0) is 13.1. The minimum absolute atomic E-state index is 0.0438. The molecule has 1 heterocycles. The number of halogens is 3. The van der Waals surface area contributed by atoms with Crippen LogP contribution in [0.15, 0.2) is 12.3 Å². The summed E-state index contributed by atoms with van der Waals surface area (Å²) in [5, 5.41) is 0. The average Bonchev–Trinajstić information content (AvgIpc) is 2.25. The Labute approximate surface area is 95.4 Å². The number of nitrogens with zero attached hydrogens (tertiary/aromatic N) is 1. The molecule has 1 rings (SSSR count). The lowest BCUT2D eigenvalue weighted by atomic mass is 10.2. The van der Waals surface area contributed by atoms with Gasteiger partial charge >= 0.3 is 12.1 Å². The van der Waals surface area contributed by atoms with Crippen LogP contribution in [0.4, 0.5) is 13.2 Å². The molecule has 0 aliphatic carbocycles. The molecule has 0 radical (unpaired) electrons. The van der Waals surface area contributed by atoms with Gasteiger partial charge in [-0.1, -0.05) is 0 Å². The van der Waals surface area contributed by atoms with Gasteiger partial charge in [-0.25, -0.2) is 9.78 Å². The Bertz CT molecular complexity index is 418. The fourth-order valence-electron chi connectivity index (χ4n) is 1.14. The maximum absolute atomic E-state index is 12.0. The van der Waals surface area contributed by atoms with Gasteiger partial charge in [0.05, 0.1) is 7.11 Å². The van der Waals surface area contributed by atoms with E-state index in [2.05, 4.69) is 14.5 Å². The molecule has 0 spiro atoms. The predicted molar refractivity (Wildman–Crippen MR) is 51.9 cm³/mol. The number of pyridine rings is 1. The van der Waals surface area contributed by atoms with E-state index >= 15 is 0 Å². The van der Waals surface area contributed by atoms with Crippen molar-refractivity contribution in [2.75, 3.05) is 13.7 Å². The van der Waals surface area contributed by atoms with Crippen LogP contribution in [-0.4, -0.2) is 30.8 Å². The van der Waals surface area contributed by atoms with Crippen LogP contribution >= 0.6 is 0 Å². The third-order valence-electron chi connectivity index (χ3n) is 1.92. The molecule has 0 aliphatic rings. The first-order chi connectivity index (χ1) is 7.85. The van der Waals surface area contributed by atoms with Crippen molar-refractivity contribution in [3.8, 4) is 5.75 Å². The number of carbonyl (C=O) groups is 1. The van der Waals surface area contributed by atoms with Crippen molar-refractivity contribution >= 4 is 5.97 Å². The minimum Gasteiger partial charge on any atom is -0.484 e. The van der Waals surface area contributed by atoms with Crippen LogP contribution in [-0.2, 0) is 4.74 Å². The molecule has 0 N–H and O–H groups in total. The van der Waals surface area contributed by atoms with E-state index in [4.69, 9.17) is 0 Å². The summed E-state index contributed by atoms with van der Waals surface area (Å²) in [7, 11) is 1.16. The summed E-state index contributed by atoms with van der Waals surface area (Å²) in [5.74, 6) is -0.766. The molecule has 7 heteroatoms. The third-order valence-corrected chi connectivity index (χ3v) is 1.92. The van der Waals surface area contributed by atoms with Crippen molar-refractivity contribution in [2.45, 2.75) is 13.1 Å². The molecule has 17 heavy (non-hydrogen) atoms. The molecule has 0 unspecified atom stereocenters. The fourth-order valence-corrected chi connectivity index (χ4v) is 1.14. The standard InChI is InChI=1S/C10H10F3NO3/c1-6-7(17-5-10(11,12)13)3-4-14-8(6)9(15)16-2/h3-4H,5H2,1-2H3. The lowest BCUT2D eigenvalue weighted by Crippen LogP contribution is -2.20. The Balaban J connectivity index is 2.91. The first-order valence-corrected chi connectivity index (χ1v) is 4.58. The number of hydrogen-bond acceptors (Lipinski definition) is 4. The maximum atomic E-state index is 12.0. The van der Waals surface area contributed by atoms with Gasteiger partial charge in [0.1, 0.15) is 5.75 Å². The van der Waals surface area contributed by atoms with Crippen LogP contribution in [0.5, 0.6) is 5.75 Å². The predicted octanol–water partition coefficient (Wildman–Crippen LogP) is 2.12. The van der Waals surface area contributed by atoms with Crippen molar-refractivity contribution in [3.05, 3.63) is 23.5 Å². The van der Waals surface area contributed by atoms with Crippen LogP contribution < -0.4 is 4.74 Å². The SMILES string of the molecule is COC(=O)c1nccc(OCC(F)(F)F)c1C. The van der Waals surface area contributed by atoms with Gasteiger partial charge in [-0.3, -0.25) is 0 Å². The fraction of sp³-hybridized carbons (Fsp3) is 0.400. The summed E-state index contributed by atoms with van der Waals surface area (Å²) in [6.07, 6.45) is -3.24. The summed E-state index contributed by atoms with van der Waals surface area (Å²) in [6.45, 7) is 0.0173. The number of ether oxygens (including phenoxy) is 2. The van der Waals surface area contributed by atoms with Gasteiger partial charge in [-0.15, -0.1) is 0 Å². The summed E-state index contributed by atoms with van der Waals surface area (Å²) in [4.78, 5) is 14.9. The summed E-state index contributed by atoms with van der Waals surface area (Å²) in [6, 6.07) is 1.26. The van der Waals surface area contributed by atoms with E-state index in [0.717, 1.165) is 7.11 Å². The molecular formula is C10H10F3NO3. The van der Waals surface area contributed by atoms with E-state index < -0.39 is 18.8 Å². The number of esters is 1. The second-order valence-corrected chi connectivity index (χ2v) is 3.18. The molecule has 94 valence electrons. The van der Waals surface area contributed by atoms with Crippen molar-refractivity contribution < 1.29 is 27.4 Å². The number of rotatable bonds is 3. The molecule has 0 aromatic carbocycles. The van der Waals surface area contributed by atoms with Crippen LogP contribution in [0.3, 0.4) is 0 Å². The van der Waals surface area contributed by atoms with E-state index in [-0.39, 0.29) is 17.0 Å². The van der Waals surface area contributed by atoms with Crippen molar-refractivity contribution in [1.29, 1.82) is 0 Å². The highest BCUT2D eigenvalue weighted by atomic mass is 19.4. The van der Waals surface area contributed by atoms with Crippen LogP contribution in [0, 0.1) is 6.92 Å². The Morgan fingerprint density at radius 2 is 2.12 bits per heavy atom. The highest BCUT2D eigenvalue weighted by Crippen LogP contribution is 2.23. The maximum Gasteiger partial charge on any atom is 0.422 e. The first kappa shape index (κ1) is 13.3. The summed E-state index contributed by atoms with van der Waals surface area (Å²) >= 11 is 0. The quantitative estimate of drug-likeness (QED) is 0.770. The van der Waals surface area contributed by atoms with E-state index in [1.54, 1.807) is 0 Å². The molecule has 0 saturated heterocycles. The lowest BCUT2D eigenvalue weighted by molar-refractivity contribution is -0.153. The molecule has 0 fully saturated rings. The van der Waals surface area contributed by atoms with Gasteiger partial charge in [0, 0.05) is 11.8 Å². The van der Waals surface area contributed by atoms with Gasteiger partial charge in [-0.05, 0) is 13.0 Å². The number of hydrogen-bond donors (Lipinski definition) is 0. The first-order valence-electron chi connectivity index (χ1n) is 4.58. The van der Waals surface area contributed by atoms with Crippen LogP contribution in [0.25, 0.3) is 0 Å². The lowest BCUT2D eigenvalue weighted by Gasteiger charge is -2.12. The molecular weight excluding hydrogens is 239 g/mol. The van der Waals surface area contributed by atoms with E-state index in [0.29, 0.717) is 0 Å². The topological polar surface area (TPSA) is 48.4 Å². The molecule has 4 nitrogen and oxygen atoms in total. The summed E-state index contributed by atoms with van der Waals surface area (Å²) in [5.41, 5.74) is 0.149. The second-order valence-electron chi connectivity index (χ2n) is 3.18. The van der Waals surface area contributed by atoms with Crippen LogP contribution in [0.2, 0.25) is 0 Å². The third kappa shape index (κ3) is 3.61. The van der Waals surface area contributed by atoms with E-state index in [1.807, 2.05) is 0 Å². The van der Waals surface area contributed by atoms with Gasteiger partial charge in [-0.2, -0.15) is 13.2 Å². The monoisotopic (exact) mass is 249 g/mol. The molecule has 0 bridgehead atoms. The number of carbonyl (C=O) groups excluding carboxylic acids is 1. The Morgan fingerprint density at radius 1 is 1.47 bits per heavy atom.